The maximum Gasteiger partial charge on any atom is 0.424 e. The van der Waals surface area contributed by atoms with Crippen LogP contribution in [0, 0.1) is 23.2 Å². The highest BCUT2D eigenvalue weighted by Gasteiger charge is 2.58. The molecule has 4 saturated carbocycles. The van der Waals surface area contributed by atoms with Crippen LogP contribution in [0.3, 0.4) is 0 Å². The van der Waals surface area contributed by atoms with Gasteiger partial charge in [0.15, 0.2) is 0 Å². The molecule has 5 aliphatic rings. The van der Waals surface area contributed by atoms with Gasteiger partial charge in [-0.2, -0.15) is 13.2 Å². The fraction of sp³-hybridized carbons (Fsp3) is 0.792. The first kappa shape index (κ1) is 23.6. The number of amides is 2. The minimum Gasteiger partial charge on any atom is -0.374 e. The predicted octanol–water partition coefficient (Wildman–Crippen LogP) is 2.88. The summed E-state index contributed by atoms with van der Waals surface area (Å²) in [4.78, 5) is 32.1. The molecule has 188 valence electrons. The molecule has 2 amide bonds. The second-order valence-electron chi connectivity index (χ2n) is 11.1. The van der Waals surface area contributed by atoms with E-state index in [0.717, 1.165) is 23.8 Å². The number of hydrogen-bond donors (Lipinski definition) is 2. The van der Waals surface area contributed by atoms with Gasteiger partial charge in [0, 0.05) is 39.0 Å². The molecule has 0 radical (unpaired) electrons. The van der Waals surface area contributed by atoms with Crippen molar-refractivity contribution in [2.45, 2.75) is 75.6 Å². The summed E-state index contributed by atoms with van der Waals surface area (Å²) in [5, 5.41) is 13.0. The molecule has 1 aromatic rings. The number of imidazole rings is 1. The molecule has 6 rings (SSSR count). The number of rotatable bonds is 6. The Kier molecular flexibility index (Phi) is 5.73. The van der Waals surface area contributed by atoms with E-state index < -0.39 is 36.0 Å². The number of carbonyl (C=O) groups excluding carboxylic acids is 2. The molecule has 34 heavy (non-hydrogen) atoms. The molecule has 4 aliphatic carbocycles. The van der Waals surface area contributed by atoms with Gasteiger partial charge in [-0.1, -0.05) is 0 Å². The van der Waals surface area contributed by atoms with E-state index in [0.29, 0.717) is 37.1 Å². The molecule has 1 aliphatic heterocycles. The van der Waals surface area contributed by atoms with Crippen LogP contribution in [0.25, 0.3) is 0 Å². The second kappa shape index (κ2) is 8.24. The molecule has 2 heterocycles. The highest BCUT2D eigenvalue weighted by Crippen LogP contribution is 2.60. The molecule has 7 nitrogen and oxygen atoms in total. The number of likely N-dealkylation sites (tertiary alicyclic amines) is 1. The topological polar surface area (TPSA) is 87.5 Å². The van der Waals surface area contributed by atoms with E-state index in [4.69, 9.17) is 0 Å². The van der Waals surface area contributed by atoms with E-state index in [9.17, 15) is 27.9 Å². The maximum atomic E-state index is 13.7. The van der Waals surface area contributed by atoms with E-state index in [1.165, 1.54) is 38.7 Å². The minimum absolute atomic E-state index is 0.0732. The molecule has 10 heteroatoms. The van der Waals surface area contributed by atoms with Crippen molar-refractivity contribution in [3.63, 3.8) is 0 Å². The third kappa shape index (κ3) is 3.82. The zero-order valence-electron chi connectivity index (χ0n) is 19.5. The SMILES string of the molecule is Cn1ccnc1C(O)(CCNC(=O)C1CCCN1C(=O)C12CC3CC(CC(C3)C1)C2)C(F)(F)F. The van der Waals surface area contributed by atoms with Gasteiger partial charge in [0.2, 0.25) is 17.4 Å². The van der Waals surface area contributed by atoms with Crippen LogP contribution in [-0.2, 0) is 22.2 Å². The van der Waals surface area contributed by atoms with Crippen LogP contribution in [0.15, 0.2) is 12.4 Å². The van der Waals surface area contributed by atoms with Crippen molar-refractivity contribution < 1.29 is 27.9 Å². The van der Waals surface area contributed by atoms with E-state index in [2.05, 4.69) is 10.3 Å². The third-order valence-corrected chi connectivity index (χ3v) is 8.75. The maximum absolute atomic E-state index is 13.7. The first-order valence-corrected chi connectivity index (χ1v) is 12.4. The van der Waals surface area contributed by atoms with Crippen LogP contribution in [0.5, 0.6) is 0 Å². The van der Waals surface area contributed by atoms with E-state index in [1.54, 1.807) is 4.90 Å². The minimum atomic E-state index is -4.95. The number of alkyl halides is 3. The first-order chi connectivity index (χ1) is 16.0. The van der Waals surface area contributed by atoms with Crippen molar-refractivity contribution in [2.75, 3.05) is 13.1 Å². The van der Waals surface area contributed by atoms with E-state index in [1.807, 2.05) is 0 Å². The molecular formula is C24H33F3N4O3. The Morgan fingerprint density at radius 1 is 1.18 bits per heavy atom. The van der Waals surface area contributed by atoms with Crippen LogP contribution in [0.2, 0.25) is 0 Å². The smallest absolute Gasteiger partial charge is 0.374 e. The number of hydrogen-bond acceptors (Lipinski definition) is 4. The summed E-state index contributed by atoms with van der Waals surface area (Å²) in [6.45, 7) is 0.135. The summed E-state index contributed by atoms with van der Waals surface area (Å²) in [6.07, 6.45) is 4.39. The molecule has 0 aromatic carbocycles. The lowest BCUT2D eigenvalue weighted by molar-refractivity contribution is -0.272. The molecule has 5 fully saturated rings. The lowest BCUT2D eigenvalue weighted by atomic mass is 9.49. The average molecular weight is 483 g/mol. The van der Waals surface area contributed by atoms with Gasteiger partial charge in [0.05, 0.1) is 5.41 Å². The zero-order chi connectivity index (χ0) is 24.3. The average Bonchev–Trinajstić information content (AvgIpc) is 3.40. The fourth-order valence-corrected chi connectivity index (χ4v) is 7.59. The molecule has 2 atom stereocenters. The van der Waals surface area contributed by atoms with E-state index in [-0.39, 0.29) is 17.9 Å². The van der Waals surface area contributed by atoms with Crippen LogP contribution in [-0.4, -0.2) is 56.7 Å². The quantitative estimate of drug-likeness (QED) is 0.653. The third-order valence-electron chi connectivity index (χ3n) is 8.75. The second-order valence-corrected chi connectivity index (χ2v) is 11.1. The Bertz CT molecular complexity index is 926. The van der Waals surface area contributed by atoms with Gasteiger partial charge in [-0.25, -0.2) is 4.98 Å². The fourth-order valence-electron chi connectivity index (χ4n) is 7.59. The van der Waals surface area contributed by atoms with Crippen LogP contribution in [0.1, 0.15) is 63.6 Å². The Morgan fingerprint density at radius 3 is 2.32 bits per heavy atom. The molecule has 0 spiro atoms. The molecule has 2 unspecified atom stereocenters. The van der Waals surface area contributed by atoms with Gasteiger partial charge in [0.25, 0.3) is 0 Å². The van der Waals surface area contributed by atoms with Crippen molar-refractivity contribution in [1.29, 1.82) is 0 Å². The number of carbonyl (C=O) groups is 2. The van der Waals surface area contributed by atoms with E-state index >= 15 is 0 Å². The summed E-state index contributed by atoms with van der Waals surface area (Å²) < 4.78 is 42.3. The lowest BCUT2D eigenvalue weighted by Crippen LogP contribution is -2.57. The zero-order valence-corrected chi connectivity index (χ0v) is 19.5. The summed E-state index contributed by atoms with van der Waals surface area (Å²) in [5.41, 5.74) is -3.53. The molecule has 1 aromatic heterocycles. The van der Waals surface area contributed by atoms with Crippen molar-refractivity contribution in [1.82, 2.24) is 19.8 Å². The molecule has 4 bridgehead atoms. The van der Waals surface area contributed by atoms with Crippen molar-refractivity contribution in [2.24, 2.45) is 30.2 Å². The van der Waals surface area contributed by atoms with Gasteiger partial charge in [-0.3, -0.25) is 9.59 Å². The monoisotopic (exact) mass is 482 g/mol. The Hall–Kier alpha value is -2.10. The summed E-state index contributed by atoms with van der Waals surface area (Å²) in [7, 11) is 1.38. The van der Waals surface area contributed by atoms with Crippen LogP contribution in [0.4, 0.5) is 13.2 Å². The number of aryl methyl sites for hydroxylation is 1. The van der Waals surface area contributed by atoms with Crippen molar-refractivity contribution in [3.8, 4) is 0 Å². The van der Waals surface area contributed by atoms with Crippen LogP contribution >= 0.6 is 0 Å². The summed E-state index contributed by atoms with van der Waals surface area (Å²) >= 11 is 0. The summed E-state index contributed by atoms with van der Waals surface area (Å²) in [6, 6.07) is -0.660. The summed E-state index contributed by atoms with van der Waals surface area (Å²) in [5.74, 6) is 0.932. The van der Waals surface area contributed by atoms with Gasteiger partial charge < -0.3 is 19.9 Å². The lowest BCUT2D eigenvalue weighted by Gasteiger charge is -2.56. The number of nitrogens with zero attached hydrogens (tertiary/aromatic N) is 3. The highest BCUT2D eigenvalue weighted by molar-refractivity contribution is 5.91. The Balaban J connectivity index is 1.24. The van der Waals surface area contributed by atoms with Gasteiger partial charge in [-0.05, 0) is 69.1 Å². The normalized spacial score (nSPS) is 34.3. The number of aromatic nitrogens is 2. The molecule has 1 saturated heterocycles. The predicted molar refractivity (Wildman–Crippen MR) is 116 cm³/mol. The Morgan fingerprint density at radius 2 is 1.79 bits per heavy atom. The number of aliphatic hydroxyl groups is 1. The van der Waals surface area contributed by atoms with Gasteiger partial charge in [-0.15, -0.1) is 0 Å². The van der Waals surface area contributed by atoms with Gasteiger partial charge >= 0.3 is 6.18 Å². The highest BCUT2D eigenvalue weighted by atomic mass is 19.4. The Labute approximate surface area is 197 Å². The molecular weight excluding hydrogens is 449 g/mol. The first-order valence-electron chi connectivity index (χ1n) is 12.4. The van der Waals surface area contributed by atoms with Crippen molar-refractivity contribution in [3.05, 3.63) is 18.2 Å². The molecule has 2 N–H and O–H groups in total. The van der Waals surface area contributed by atoms with Crippen molar-refractivity contribution >= 4 is 11.8 Å². The largest absolute Gasteiger partial charge is 0.424 e. The number of halogens is 3. The standard InChI is InChI=1S/C24H33F3N4O3/c1-30-8-6-29-20(30)23(34,24(25,26)27)4-5-28-19(32)18-3-2-7-31(18)21(33)22-12-15-9-16(13-22)11-17(10-15)14-22/h6,8,15-18,34H,2-5,7,9-14H2,1H3,(H,28,32). The van der Waals surface area contributed by atoms with Crippen LogP contribution < -0.4 is 5.32 Å². The van der Waals surface area contributed by atoms with Gasteiger partial charge in [0.1, 0.15) is 11.9 Å². The number of nitrogens with one attached hydrogen (secondary N) is 1.